The van der Waals surface area contributed by atoms with Gasteiger partial charge in [0, 0.05) is 18.8 Å². The number of ether oxygens (including phenoxy) is 6. The van der Waals surface area contributed by atoms with E-state index >= 15 is 0 Å². The van der Waals surface area contributed by atoms with Crippen molar-refractivity contribution in [1.29, 1.82) is 0 Å². The van der Waals surface area contributed by atoms with Crippen LogP contribution in [0.15, 0.2) is 21.9 Å². The van der Waals surface area contributed by atoms with Gasteiger partial charge < -0.3 is 33.3 Å². The lowest BCUT2D eigenvalue weighted by Gasteiger charge is -2.26. The number of hydrogen-bond donors (Lipinski definition) is 0. The second-order valence-corrected chi connectivity index (χ2v) is 18.8. The first-order chi connectivity index (χ1) is 32.0. The van der Waals surface area contributed by atoms with Gasteiger partial charge in [-0.25, -0.2) is 19.0 Å². The van der Waals surface area contributed by atoms with Crippen molar-refractivity contribution in [2.24, 2.45) is 0 Å². The Labute approximate surface area is 398 Å². The molecule has 4 atom stereocenters. The molecule has 382 valence electrons. The van der Waals surface area contributed by atoms with Crippen molar-refractivity contribution in [3.05, 3.63) is 33.1 Å². The van der Waals surface area contributed by atoms with Gasteiger partial charge in [-0.05, 0) is 65.5 Å². The fourth-order valence-corrected chi connectivity index (χ4v) is 8.78. The molecule has 1 fully saturated rings. The molecule has 0 saturated carbocycles. The Morgan fingerprint density at radius 3 is 1.44 bits per heavy atom. The largest absolute Gasteiger partial charge is 0.467 e. The Kier molecular flexibility index (Phi) is 33.0. The van der Waals surface area contributed by atoms with E-state index < -0.39 is 73.5 Å². The normalized spacial score (nSPS) is 17.3. The molecule has 1 aromatic heterocycles. The zero-order valence-electron chi connectivity index (χ0n) is 42.6. The molecule has 1 saturated heterocycles. The second kappa shape index (κ2) is 36.9. The molecule has 0 N–H and O–H groups in total. The Bertz CT molecular complexity index is 1520. The zero-order valence-corrected chi connectivity index (χ0v) is 42.6. The molecule has 14 nitrogen and oxygen atoms in total. The Morgan fingerprint density at radius 1 is 0.591 bits per heavy atom. The molecule has 0 aliphatic carbocycles. The molecule has 0 aromatic carbocycles. The highest BCUT2D eigenvalue weighted by molar-refractivity contribution is 5.71. The molecule has 2 heterocycles. The van der Waals surface area contributed by atoms with E-state index in [4.69, 9.17) is 28.4 Å². The van der Waals surface area contributed by atoms with Crippen LogP contribution in [-0.4, -0.2) is 103 Å². The van der Waals surface area contributed by atoms with E-state index in [1.807, 2.05) is 19.0 Å². The minimum Gasteiger partial charge on any atom is -0.467 e. The van der Waals surface area contributed by atoms with Crippen LogP contribution < -0.4 is 11.2 Å². The number of carbonyl (C=O) groups excluding carboxylic acids is 3. The van der Waals surface area contributed by atoms with Crippen LogP contribution in [-0.2, 0) is 49.3 Å². The van der Waals surface area contributed by atoms with Crippen molar-refractivity contribution in [3.8, 4) is 0 Å². The van der Waals surface area contributed by atoms with Crippen molar-refractivity contribution in [3.63, 3.8) is 0 Å². The first-order valence-corrected chi connectivity index (χ1v) is 26.3. The SMILES string of the molecule is CCCCCCCCC(CCCCCCCC)OC(=O)CO[C@@H]1[C@H](OCC(=O)OC)[C@@H](CN(C)C)O[C@H]1n1ccc(=O)n(CC(=O)OC(CCCCCCCC)CCCCCCCC)c1=O. The van der Waals surface area contributed by atoms with Crippen molar-refractivity contribution in [2.75, 3.05) is 41.0 Å². The molecular weight excluding hydrogens is 843 g/mol. The minimum absolute atomic E-state index is 0.246. The van der Waals surface area contributed by atoms with Crippen molar-refractivity contribution >= 4 is 17.9 Å². The predicted molar refractivity (Wildman–Crippen MR) is 261 cm³/mol. The Hall–Kier alpha value is -3.07. The van der Waals surface area contributed by atoms with Crippen LogP contribution in [0.2, 0.25) is 0 Å². The maximum absolute atomic E-state index is 14.3. The molecule has 0 amide bonds. The van der Waals surface area contributed by atoms with Gasteiger partial charge in [0.15, 0.2) is 6.23 Å². The topological polar surface area (TPSA) is 154 Å². The zero-order chi connectivity index (χ0) is 48.4. The van der Waals surface area contributed by atoms with Crippen LogP contribution in [0.1, 0.15) is 214 Å². The summed E-state index contributed by atoms with van der Waals surface area (Å²) in [6.07, 6.45) is 26.9. The van der Waals surface area contributed by atoms with Crippen LogP contribution in [0.4, 0.5) is 0 Å². The molecule has 2 rings (SSSR count). The van der Waals surface area contributed by atoms with Crippen LogP contribution >= 0.6 is 0 Å². The average molecular weight is 936 g/mol. The fraction of sp³-hybridized carbons (Fsp3) is 0.865. The monoisotopic (exact) mass is 936 g/mol. The molecular formula is C52H93N3O11. The first kappa shape index (κ1) is 59.1. The highest BCUT2D eigenvalue weighted by Crippen LogP contribution is 2.34. The maximum atomic E-state index is 14.3. The van der Waals surface area contributed by atoms with Crippen LogP contribution in [0.3, 0.4) is 0 Å². The number of unbranched alkanes of at least 4 members (excludes halogenated alkanes) is 20. The van der Waals surface area contributed by atoms with Gasteiger partial charge >= 0.3 is 23.6 Å². The molecule has 66 heavy (non-hydrogen) atoms. The van der Waals surface area contributed by atoms with Gasteiger partial charge in [0.1, 0.15) is 50.3 Å². The van der Waals surface area contributed by atoms with E-state index in [0.717, 1.165) is 107 Å². The summed E-state index contributed by atoms with van der Waals surface area (Å²) >= 11 is 0. The number of esters is 3. The van der Waals surface area contributed by atoms with Crippen LogP contribution in [0, 0.1) is 0 Å². The number of rotatable bonds is 41. The van der Waals surface area contributed by atoms with Crippen molar-refractivity contribution in [1.82, 2.24) is 14.0 Å². The highest BCUT2D eigenvalue weighted by Gasteiger charge is 2.48. The van der Waals surface area contributed by atoms with Gasteiger partial charge in [-0.3, -0.25) is 14.2 Å². The van der Waals surface area contributed by atoms with Gasteiger partial charge in [-0.2, -0.15) is 0 Å². The molecule has 0 radical (unpaired) electrons. The number of nitrogens with zero attached hydrogens (tertiary/aromatic N) is 3. The highest BCUT2D eigenvalue weighted by atomic mass is 16.6. The van der Waals surface area contributed by atoms with E-state index in [2.05, 4.69) is 27.7 Å². The second-order valence-electron chi connectivity index (χ2n) is 18.8. The number of carbonyl (C=O) groups is 3. The quantitative estimate of drug-likeness (QED) is 0.0349. The summed E-state index contributed by atoms with van der Waals surface area (Å²) in [6, 6.07) is 1.20. The summed E-state index contributed by atoms with van der Waals surface area (Å²) < 4.78 is 37.9. The average Bonchev–Trinajstić information content (AvgIpc) is 3.62. The molecule has 1 aliphatic heterocycles. The van der Waals surface area contributed by atoms with Crippen LogP contribution in [0.5, 0.6) is 0 Å². The van der Waals surface area contributed by atoms with Gasteiger partial charge in [-0.1, -0.05) is 156 Å². The smallest absolute Gasteiger partial charge is 0.333 e. The Morgan fingerprint density at radius 2 is 1.00 bits per heavy atom. The number of hydrogen-bond acceptors (Lipinski definition) is 12. The summed E-state index contributed by atoms with van der Waals surface area (Å²) in [6.45, 7) is 7.64. The Balaban J connectivity index is 2.34. The first-order valence-electron chi connectivity index (χ1n) is 26.3. The van der Waals surface area contributed by atoms with Gasteiger partial charge in [-0.15, -0.1) is 0 Å². The number of methoxy groups -OCH3 is 1. The maximum Gasteiger partial charge on any atom is 0.333 e. The van der Waals surface area contributed by atoms with E-state index in [9.17, 15) is 24.0 Å². The lowest BCUT2D eigenvalue weighted by Crippen LogP contribution is -2.46. The standard InChI is InChI=1S/C52H93N3O11/c1-8-12-16-20-24-28-32-42(33-29-25-21-17-13-9-2)64-46(57)39-55-45(56)36-37-54(52(55)60)51-50(49(62-40-47(58)61-7)44(66-51)38-53(5)6)63-41-48(59)65-43(34-30-26-22-18-14-10-3)35-31-27-23-19-15-11-4/h36-37,42-44,49-51H,8-35,38-41H2,1-7H3/t44-,49-,50-,51-/m1/s1. The molecule has 0 spiro atoms. The summed E-state index contributed by atoms with van der Waals surface area (Å²) in [5, 5.41) is 0. The molecule has 0 bridgehead atoms. The molecule has 14 heteroatoms. The third kappa shape index (κ3) is 24.8. The minimum atomic E-state index is -1.20. The number of likely N-dealkylation sites (N-methyl/N-ethyl adjacent to an activating group) is 1. The van der Waals surface area contributed by atoms with Gasteiger partial charge in [0.25, 0.3) is 5.56 Å². The summed E-state index contributed by atoms with van der Waals surface area (Å²) in [4.78, 5) is 69.0. The third-order valence-electron chi connectivity index (χ3n) is 12.6. The number of aromatic nitrogens is 2. The summed E-state index contributed by atoms with van der Waals surface area (Å²) in [5.41, 5.74) is -1.47. The summed E-state index contributed by atoms with van der Waals surface area (Å²) in [7, 11) is 4.95. The van der Waals surface area contributed by atoms with Gasteiger partial charge in [0.2, 0.25) is 0 Å². The van der Waals surface area contributed by atoms with Gasteiger partial charge in [0.05, 0.1) is 7.11 Å². The van der Waals surface area contributed by atoms with Crippen molar-refractivity contribution < 1.29 is 42.8 Å². The van der Waals surface area contributed by atoms with E-state index in [0.29, 0.717) is 6.54 Å². The predicted octanol–water partition coefficient (Wildman–Crippen LogP) is 10.2. The third-order valence-corrected chi connectivity index (χ3v) is 12.6. The van der Waals surface area contributed by atoms with E-state index in [-0.39, 0.29) is 12.2 Å². The lowest BCUT2D eigenvalue weighted by molar-refractivity contribution is -0.165. The van der Waals surface area contributed by atoms with Crippen molar-refractivity contribution in [2.45, 2.75) is 251 Å². The molecule has 1 aliphatic rings. The summed E-state index contributed by atoms with van der Waals surface area (Å²) in [5.74, 6) is -1.82. The molecule has 1 aromatic rings. The van der Waals surface area contributed by atoms with E-state index in [1.54, 1.807) is 0 Å². The van der Waals surface area contributed by atoms with Crippen LogP contribution in [0.25, 0.3) is 0 Å². The molecule has 0 unspecified atom stereocenters. The lowest BCUT2D eigenvalue weighted by atomic mass is 10.0. The van der Waals surface area contributed by atoms with E-state index in [1.165, 1.54) is 101 Å². The fourth-order valence-electron chi connectivity index (χ4n) is 8.78.